The first-order valence-corrected chi connectivity index (χ1v) is 8.57. The number of carbonyl (C=O) groups is 1. The van der Waals surface area contributed by atoms with Crippen LogP contribution in [-0.4, -0.2) is 48.5 Å². The molecule has 0 fully saturated rings. The van der Waals surface area contributed by atoms with E-state index in [4.69, 9.17) is 9.05 Å². The maximum absolute atomic E-state index is 12.2. The molecule has 1 aromatic rings. The molecule has 1 rings (SSSR count). The Morgan fingerprint density at radius 1 is 1.43 bits per heavy atom. The van der Waals surface area contributed by atoms with Crippen molar-refractivity contribution in [2.45, 2.75) is 26.3 Å². The number of nitrogens with one attached hydrogen (secondary N) is 3. The average molecular weight is 318 g/mol. The predicted octanol–water partition coefficient (Wildman–Crippen LogP) is 0.880. The van der Waals surface area contributed by atoms with E-state index in [9.17, 15) is 9.36 Å². The molecule has 0 radical (unpaired) electrons. The molecule has 3 N–H and O–H groups in total. The van der Waals surface area contributed by atoms with Crippen LogP contribution in [0.25, 0.3) is 0 Å². The summed E-state index contributed by atoms with van der Waals surface area (Å²) in [5.74, 6) is -0.272. The molecule has 0 aromatic carbocycles. The Balaban J connectivity index is 2.55. The summed E-state index contributed by atoms with van der Waals surface area (Å²) < 4.78 is 22.5. The summed E-state index contributed by atoms with van der Waals surface area (Å²) in [6.45, 7) is 3.97. The highest BCUT2D eigenvalue weighted by Gasteiger charge is 2.26. The molecule has 1 atom stereocenters. The molecule has 0 bridgehead atoms. The summed E-state index contributed by atoms with van der Waals surface area (Å²) in [5, 5.41) is 5.52. The molecular weight excluding hydrogens is 295 g/mol. The van der Waals surface area contributed by atoms with Crippen molar-refractivity contribution in [3.05, 3.63) is 18.2 Å². The van der Waals surface area contributed by atoms with Crippen molar-refractivity contribution in [1.82, 2.24) is 20.6 Å². The Hall–Kier alpha value is -1.21. The molecule has 9 heteroatoms. The number of rotatable bonds is 10. The van der Waals surface area contributed by atoms with Gasteiger partial charge in [-0.25, -0.2) is 4.98 Å². The van der Waals surface area contributed by atoms with E-state index >= 15 is 0 Å². The molecule has 1 heterocycles. The van der Waals surface area contributed by atoms with Crippen LogP contribution < -0.4 is 10.6 Å². The molecular formula is C12H23N4O4P. The minimum Gasteiger partial charge on any atom is -0.348 e. The van der Waals surface area contributed by atoms with Crippen LogP contribution in [0.3, 0.4) is 0 Å². The molecule has 0 unspecified atom stereocenters. The molecule has 21 heavy (non-hydrogen) atoms. The van der Waals surface area contributed by atoms with Crippen molar-refractivity contribution < 1.29 is 18.4 Å². The van der Waals surface area contributed by atoms with E-state index in [1.807, 2.05) is 0 Å². The molecule has 0 saturated heterocycles. The number of nitrogens with zero attached hydrogens (tertiary/aromatic N) is 1. The van der Waals surface area contributed by atoms with Crippen molar-refractivity contribution >= 4 is 13.5 Å². The molecule has 0 aliphatic rings. The predicted molar refractivity (Wildman–Crippen MR) is 79.0 cm³/mol. The monoisotopic (exact) mass is 318 g/mol. The molecule has 120 valence electrons. The van der Waals surface area contributed by atoms with Gasteiger partial charge in [-0.3, -0.25) is 9.36 Å². The van der Waals surface area contributed by atoms with E-state index in [1.54, 1.807) is 33.4 Å². The van der Waals surface area contributed by atoms with Crippen molar-refractivity contribution in [3.8, 4) is 0 Å². The van der Waals surface area contributed by atoms with Crippen molar-refractivity contribution in [2.75, 3.05) is 26.5 Å². The van der Waals surface area contributed by atoms with E-state index in [0.717, 1.165) is 5.69 Å². The van der Waals surface area contributed by atoms with Crippen LogP contribution in [0.15, 0.2) is 12.5 Å². The van der Waals surface area contributed by atoms with Gasteiger partial charge in [0.2, 0.25) is 5.91 Å². The van der Waals surface area contributed by atoms with Crippen molar-refractivity contribution in [3.63, 3.8) is 0 Å². The Labute approximate surface area is 124 Å². The second-order valence-corrected chi connectivity index (χ2v) is 6.32. The minimum atomic E-state index is -3.27. The highest BCUT2D eigenvalue weighted by Crippen LogP contribution is 2.46. The van der Waals surface area contributed by atoms with E-state index in [-0.39, 0.29) is 25.4 Å². The largest absolute Gasteiger partial charge is 0.349 e. The third-order valence-electron chi connectivity index (χ3n) is 2.74. The zero-order chi connectivity index (χ0) is 15.7. The number of likely N-dealkylation sites (N-methyl/N-ethyl adjacent to an activating group) is 1. The van der Waals surface area contributed by atoms with Gasteiger partial charge in [-0.2, -0.15) is 0 Å². The summed E-state index contributed by atoms with van der Waals surface area (Å²) in [7, 11) is -1.59. The van der Waals surface area contributed by atoms with Gasteiger partial charge < -0.3 is 24.7 Å². The molecule has 0 spiro atoms. The SMILES string of the molecule is CCOP(=O)(CNC(=O)[C@H](Cc1cnc[nH]1)NC)OCC. The molecule has 1 amide bonds. The number of hydrogen-bond acceptors (Lipinski definition) is 6. The van der Waals surface area contributed by atoms with Crippen LogP contribution >= 0.6 is 7.60 Å². The number of amides is 1. The molecule has 0 aliphatic heterocycles. The fourth-order valence-electron chi connectivity index (χ4n) is 1.76. The molecule has 1 aromatic heterocycles. The number of hydrogen-bond donors (Lipinski definition) is 3. The highest BCUT2D eigenvalue weighted by atomic mass is 31.2. The van der Waals surface area contributed by atoms with E-state index in [1.165, 1.54) is 0 Å². The average Bonchev–Trinajstić information content (AvgIpc) is 2.96. The van der Waals surface area contributed by atoms with Crippen LogP contribution in [0.2, 0.25) is 0 Å². The number of imidazole rings is 1. The smallest absolute Gasteiger partial charge is 0.348 e. The summed E-state index contributed by atoms with van der Waals surface area (Å²) in [4.78, 5) is 19.0. The lowest BCUT2D eigenvalue weighted by Gasteiger charge is -2.20. The first-order valence-electron chi connectivity index (χ1n) is 6.85. The van der Waals surface area contributed by atoms with Gasteiger partial charge in [-0.15, -0.1) is 0 Å². The topological polar surface area (TPSA) is 105 Å². The summed E-state index contributed by atoms with van der Waals surface area (Å²) in [6.07, 6.45) is 3.52. The molecule has 0 saturated carbocycles. The van der Waals surface area contributed by atoms with Gasteiger partial charge in [0.05, 0.1) is 25.6 Å². The Kier molecular flexibility index (Phi) is 7.60. The van der Waals surface area contributed by atoms with Crippen LogP contribution in [0, 0.1) is 0 Å². The van der Waals surface area contributed by atoms with Gasteiger partial charge in [0, 0.05) is 18.3 Å². The van der Waals surface area contributed by atoms with E-state index in [2.05, 4.69) is 20.6 Å². The molecule has 0 aliphatic carbocycles. The fourth-order valence-corrected chi connectivity index (χ4v) is 3.16. The zero-order valence-electron chi connectivity index (χ0n) is 12.6. The number of aromatic nitrogens is 2. The summed E-state index contributed by atoms with van der Waals surface area (Å²) in [6, 6.07) is -0.456. The van der Waals surface area contributed by atoms with Gasteiger partial charge in [0.25, 0.3) is 0 Å². The number of aromatic amines is 1. The fraction of sp³-hybridized carbons (Fsp3) is 0.667. The van der Waals surface area contributed by atoms with Crippen LogP contribution in [0.5, 0.6) is 0 Å². The van der Waals surface area contributed by atoms with Crippen LogP contribution in [-0.2, 0) is 24.8 Å². The van der Waals surface area contributed by atoms with Gasteiger partial charge in [-0.05, 0) is 20.9 Å². The van der Waals surface area contributed by atoms with Gasteiger partial charge in [0.1, 0.15) is 6.29 Å². The second kappa shape index (κ2) is 8.94. The number of H-pyrrole nitrogens is 1. The molecule has 8 nitrogen and oxygen atoms in total. The maximum atomic E-state index is 12.2. The Morgan fingerprint density at radius 3 is 2.57 bits per heavy atom. The summed E-state index contributed by atoms with van der Waals surface area (Å²) >= 11 is 0. The number of carbonyl (C=O) groups excluding carboxylic acids is 1. The third kappa shape index (κ3) is 5.97. The lowest BCUT2D eigenvalue weighted by atomic mass is 10.1. The van der Waals surface area contributed by atoms with Crippen molar-refractivity contribution in [1.29, 1.82) is 0 Å². The van der Waals surface area contributed by atoms with Gasteiger partial charge in [0.15, 0.2) is 0 Å². The van der Waals surface area contributed by atoms with Gasteiger partial charge in [-0.1, -0.05) is 0 Å². The van der Waals surface area contributed by atoms with E-state index in [0.29, 0.717) is 6.42 Å². The maximum Gasteiger partial charge on any atom is 0.349 e. The third-order valence-corrected chi connectivity index (χ3v) is 4.59. The highest BCUT2D eigenvalue weighted by molar-refractivity contribution is 7.53. The van der Waals surface area contributed by atoms with Crippen molar-refractivity contribution in [2.24, 2.45) is 0 Å². The Morgan fingerprint density at radius 2 is 2.10 bits per heavy atom. The zero-order valence-corrected chi connectivity index (χ0v) is 13.5. The van der Waals surface area contributed by atoms with E-state index < -0.39 is 13.6 Å². The normalized spacial score (nSPS) is 13.1. The quantitative estimate of drug-likeness (QED) is 0.553. The van der Waals surface area contributed by atoms with Crippen LogP contribution in [0.1, 0.15) is 19.5 Å². The van der Waals surface area contributed by atoms with Crippen LogP contribution in [0.4, 0.5) is 0 Å². The minimum absolute atomic E-state index is 0.144. The lowest BCUT2D eigenvalue weighted by Crippen LogP contribution is -2.44. The standard InChI is InChI=1S/C12H23N4O4P/c1-4-19-21(18,20-5-2)9-16-12(17)11(13-3)6-10-7-14-8-15-10/h7-8,11,13H,4-6,9H2,1-3H3,(H,14,15)(H,16,17)/t11-/m0/s1. The first kappa shape index (κ1) is 17.8. The Bertz CT molecular complexity index is 456. The first-order chi connectivity index (χ1) is 10.0. The lowest BCUT2D eigenvalue weighted by molar-refractivity contribution is -0.122. The summed E-state index contributed by atoms with van der Waals surface area (Å²) in [5.41, 5.74) is 0.835. The second-order valence-electron chi connectivity index (χ2n) is 4.27. The van der Waals surface area contributed by atoms with Gasteiger partial charge >= 0.3 is 7.60 Å².